The zero-order chi connectivity index (χ0) is 18.4. The number of carbonyl (C=O) groups is 2. The van der Waals surface area contributed by atoms with E-state index in [2.05, 4.69) is 10.6 Å². The normalized spacial score (nSPS) is 11.5. The number of nitriles is 1. The summed E-state index contributed by atoms with van der Waals surface area (Å²) in [6.07, 6.45) is 0. The minimum Gasteiger partial charge on any atom is -0.340 e. The zero-order valence-electron chi connectivity index (χ0n) is 14.5. The van der Waals surface area contributed by atoms with E-state index in [0.717, 1.165) is 5.56 Å². The van der Waals surface area contributed by atoms with Gasteiger partial charge in [-0.15, -0.1) is 0 Å². The number of benzene rings is 2. The van der Waals surface area contributed by atoms with Gasteiger partial charge in [0.05, 0.1) is 11.6 Å². The summed E-state index contributed by atoms with van der Waals surface area (Å²) >= 11 is 0. The maximum absolute atomic E-state index is 12.6. The molecular weight excluding hydrogens is 314 g/mol. The van der Waals surface area contributed by atoms with Crippen molar-refractivity contribution in [3.8, 4) is 6.07 Å². The minimum atomic E-state index is -0.681. The van der Waals surface area contributed by atoms with E-state index in [1.54, 1.807) is 36.4 Å². The van der Waals surface area contributed by atoms with Gasteiger partial charge in [0.1, 0.15) is 6.04 Å². The Labute approximate surface area is 147 Å². The van der Waals surface area contributed by atoms with E-state index in [0.29, 0.717) is 16.8 Å². The molecule has 0 aliphatic rings. The van der Waals surface area contributed by atoms with E-state index in [9.17, 15) is 9.59 Å². The van der Waals surface area contributed by atoms with Gasteiger partial charge in [-0.1, -0.05) is 37.6 Å². The molecule has 0 aliphatic heterocycles. The van der Waals surface area contributed by atoms with E-state index < -0.39 is 6.04 Å². The highest BCUT2D eigenvalue weighted by molar-refractivity contribution is 6.01. The first-order valence-electron chi connectivity index (χ1n) is 8.09. The van der Waals surface area contributed by atoms with Crippen LogP contribution in [0.5, 0.6) is 0 Å². The minimum absolute atomic E-state index is 0.0893. The molecule has 2 aromatic rings. The van der Waals surface area contributed by atoms with Gasteiger partial charge in [-0.2, -0.15) is 5.26 Å². The Hall–Kier alpha value is -3.13. The first-order valence-corrected chi connectivity index (χ1v) is 8.09. The maximum Gasteiger partial charge on any atom is 0.251 e. The van der Waals surface area contributed by atoms with Crippen LogP contribution in [0.3, 0.4) is 0 Å². The Bertz CT molecular complexity index is 804. The number of rotatable bonds is 5. The molecule has 0 aliphatic carbocycles. The highest BCUT2D eigenvalue weighted by Gasteiger charge is 2.24. The second-order valence-electron chi connectivity index (χ2n) is 6.24. The van der Waals surface area contributed by atoms with E-state index in [4.69, 9.17) is 5.26 Å². The molecule has 0 unspecified atom stereocenters. The van der Waals surface area contributed by atoms with Crippen LogP contribution in [-0.4, -0.2) is 17.9 Å². The third-order valence-electron chi connectivity index (χ3n) is 3.81. The fourth-order valence-electron chi connectivity index (χ4n) is 2.35. The van der Waals surface area contributed by atoms with Gasteiger partial charge < -0.3 is 10.6 Å². The summed E-state index contributed by atoms with van der Waals surface area (Å²) in [5, 5.41) is 14.5. The number of carbonyl (C=O) groups excluding carboxylic acids is 2. The van der Waals surface area contributed by atoms with Crippen LogP contribution in [0.1, 0.15) is 35.3 Å². The summed E-state index contributed by atoms with van der Waals surface area (Å²) in [6, 6.07) is 15.2. The zero-order valence-corrected chi connectivity index (χ0v) is 14.5. The van der Waals surface area contributed by atoms with Gasteiger partial charge >= 0.3 is 0 Å². The first-order chi connectivity index (χ1) is 11.9. The van der Waals surface area contributed by atoms with Gasteiger partial charge in [0.25, 0.3) is 5.91 Å². The number of hydrogen-bond acceptors (Lipinski definition) is 3. The summed E-state index contributed by atoms with van der Waals surface area (Å²) in [4.78, 5) is 25.0. The molecule has 0 spiro atoms. The summed E-state index contributed by atoms with van der Waals surface area (Å²) in [5.74, 6) is -0.696. The van der Waals surface area contributed by atoms with Crippen molar-refractivity contribution in [1.29, 1.82) is 5.26 Å². The van der Waals surface area contributed by atoms with E-state index in [1.807, 2.05) is 39.0 Å². The standard InChI is InChI=1S/C20H21N3O2/c1-13(2)18(23-19(24)16-9-7-14(3)8-10-16)20(25)22-17-6-4-5-15(11-17)12-21/h4-11,13,18H,1-3H3,(H,22,25)(H,23,24)/t18-/m0/s1. The van der Waals surface area contributed by atoms with Gasteiger partial charge in [0.15, 0.2) is 0 Å². The van der Waals surface area contributed by atoms with E-state index >= 15 is 0 Å². The predicted octanol–water partition coefficient (Wildman–Crippen LogP) is 3.26. The van der Waals surface area contributed by atoms with Crippen LogP contribution in [0.15, 0.2) is 48.5 Å². The van der Waals surface area contributed by atoms with Crippen LogP contribution in [0.25, 0.3) is 0 Å². The van der Waals surface area contributed by atoms with Gasteiger partial charge in [-0.3, -0.25) is 9.59 Å². The summed E-state index contributed by atoms with van der Waals surface area (Å²) in [7, 11) is 0. The molecule has 0 saturated carbocycles. The summed E-state index contributed by atoms with van der Waals surface area (Å²) in [5.41, 5.74) is 2.56. The van der Waals surface area contributed by atoms with Crippen LogP contribution < -0.4 is 10.6 Å². The summed E-state index contributed by atoms with van der Waals surface area (Å²) < 4.78 is 0. The number of anilines is 1. The third-order valence-corrected chi connectivity index (χ3v) is 3.81. The number of amides is 2. The first kappa shape index (κ1) is 18.2. The average Bonchev–Trinajstić information content (AvgIpc) is 2.59. The molecule has 0 radical (unpaired) electrons. The smallest absolute Gasteiger partial charge is 0.251 e. The highest BCUT2D eigenvalue weighted by Crippen LogP contribution is 2.13. The molecule has 2 rings (SSSR count). The Morgan fingerprint density at radius 2 is 1.76 bits per heavy atom. The number of hydrogen-bond donors (Lipinski definition) is 2. The fraction of sp³-hybridized carbons (Fsp3) is 0.250. The lowest BCUT2D eigenvalue weighted by Gasteiger charge is -2.22. The lowest BCUT2D eigenvalue weighted by atomic mass is 10.0. The molecule has 5 heteroatoms. The van der Waals surface area contributed by atoms with E-state index in [1.165, 1.54) is 0 Å². The quantitative estimate of drug-likeness (QED) is 0.880. The molecule has 2 amide bonds. The van der Waals surface area contributed by atoms with Gasteiger partial charge in [0.2, 0.25) is 5.91 Å². The van der Waals surface area contributed by atoms with E-state index in [-0.39, 0.29) is 17.7 Å². The number of nitrogens with zero attached hydrogens (tertiary/aromatic N) is 1. The highest BCUT2D eigenvalue weighted by atomic mass is 16.2. The summed E-state index contributed by atoms with van der Waals surface area (Å²) in [6.45, 7) is 5.68. The van der Waals surface area contributed by atoms with Gasteiger partial charge in [-0.25, -0.2) is 0 Å². The fourth-order valence-corrected chi connectivity index (χ4v) is 2.35. The van der Waals surface area contributed by atoms with Crippen molar-refractivity contribution in [1.82, 2.24) is 5.32 Å². The Kier molecular flexibility index (Phi) is 5.91. The van der Waals surface area contributed by atoms with Crippen LogP contribution >= 0.6 is 0 Å². The number of aryl methyl sites for hydroxylation is 1. The lowest BCUT2D eigenvalue weighted by Crippen LogP contribution is -2.47. The largest absolute Gasteiger partial charge is 0.340 e. The van der Waals surface area contributed by atoms with Crippen molar-refractivity contribution in [3.63, 3.8) is 0 Å². The second-order valence-corrected chi connectivity index (χ2v) is 6.24. The molecule has 5 nitrogen and oxygen atoms in total. The molecule has 1 atom stereocenters. The van der Waals surface area contributed by atoms with Crippen LogP contribution in [0, 0.1) is 24.2 Å². The Morgan fingerprint density at radius 3 is 2.36 bits per heavy atom. The molecule has 25 heavy (non-hydrogen) atoms. The molecule has 128 valence electrons. The van der Waals surface area contributed by atoms with Crippen molar-refractivity contribution < 1.29 is 9.59 Å². The average molecular weight is 335 g/mol. The van der Waals surface area contributed by atoms with Crippen LogP contribution in [0.2, 0.25) is 0 Å². The third kappa shape index (κ3) is 4.92. The predicted molar refractivity (Wildman–Crippen MR) is 97.1 cm³/mol. The molecule has 2 aromatic carbocycles. The molecule has 0 heterocycles. The Balaban J connectivity index is 2.11. The number of nitrogens with one attached hydrogen (secondary N) is 2. The lowest BCUT2D eigenvalue weighted by molar-refractivity contribution is -0.118. The molecule has 0 aromatic heterocycles. The second kappa shape index (κ2) is 8.11. The van der Waals surface area contributed by atoms with Crippen LogP contribution in [0.4, 0.5) is 5.69 Å². The van der Waals surface area contributed by atoms with Gasteiger partial charge in [0, 0.05) is 11.3 Å². The van der Waals surface area contributed by atoms with Crippen molar-refractivity contribution in [2.75, 3.05) is 5.32 Å². The SMILES string of the molecule is Cc1ccc(C(=O)N[C@H](C(=O)Nc2cccc(C#N)c2)C(C)C)cc1. The Morgan fingerprint density at radius 1 is 1.08 bits per heavy atom. The maximum atomic E-state index is 12.6. The van der Waals surface area contributed by atoms with Gasteiger partial charge in [-0.05, 0) is 43.2 Å². The van der Waals surface area contributed by atoms with Crippen molar-refractivity contribution >= 4 is 17.5 Å². The molecule has 0 fully saturated rings. The van der Waals surface area contributed by atoms with Crippen molar-refractivity contribution in [2.45, 2.75) is 26.8 Å². The van der Waals surface area contributed by atoms with Crippen molar-refractivity contribution in [2.24, 2.45) is 5.92 Å². The molecule has 2 N–H and O–H groups in total. The monoisotopic (exact) mass is 335 g/mol. The topological polar surface area (TPSA) is 82.0 Å². The molecule has 0 saturated heterocycles. The molecule has 0 bridgehead atoms. The van der Waals surface area contributed by atoms with Crippen LogP contribution in [-0.2, 0) is 4.79 Å². The molecular formula is C20H21N3O2. The van der Waals surface area contributed by atoms with Crippen molar-refractivity contribution in [3.05, 3.63) is 65.2 Å².